The molecule has 0 bridgehead atoms. The summed E-state index contributed by atoms with van der Waals surface area (Å²) in [6, 6.07) is 0. The van der Waals surface area contributed by atoms with Gasteiger partial charge in [0.05, 0.1) is 5.69 Å². The van der Waals surface area contributed by atoms with Crippen LogP contribution in [-0.2, 0) is 13.1 Å². The summed E-state index contributed by atoms with van der Waals surface area (Å²) in [6.07, 6.45) is 0. The molecule has 0 saturated heterocycles. The van der Waals surface area contributed by atoms with Crippen LogP contribution >= 0.6 is 0 Å². The summed E-state index contributed by atoms with van der Waals surface area (Å²) >= 11 is 0. The summed E-state index contributed by atoms with van der Waals surface area (Å²) in [4.78, 5) is 0. The third-order valence-corrected chi connectivity index (χ3v) is 2.38. The van der Waals surface area contributed by atoms with Crippen molar-refractivity contribution in [3.8, 4) is 0 Å². The van der Waals surface area contributed by atoms with Gasteiger partial charge in [0.15, 0.2) is 0 Å². The molecule has 0 aliphatic carbocycles. The number of nitrogens with one attached hydrogen (secondary N) is 1. The largest absolute Gasteiger partial charge is 0.313 e. The van der Waals surface area contributed by atoms with Gasteiger partial charge in [-0.2, -0.15) is 5.10 Å². The van der Waals surface area contributed by atoms with Crippen molar-refractivity contribution in [1.82, 2.24) is 15.1 Å². The first kappa shape index (κ1) is 10.3. The molecule has 3 heteroatoms. The standard InChI is InChI=1S/C10H19N3/c1-5-11-7-10-8(3)12-13(6-2)9(10)4/h11H,5-7H2,1-4H3. The van der Waals surface area contributed by atoms with Gasteiger partial charge in [-0.3, -0.25) is 4.68 Å². The Morgan fingerprint density at radius 1 is 1.31 bits per heavy atom. The molecule has 0 aliphatic heterocycles. The molecule has 0 unspecified atom stereocenters. The molecule has 0 amide bonds. The Hall–Kier alpha value is -0.830. The van der Waals surface area contributed by atoms with Gasteiger partial charge in [0.1, 0.15) is 0 Å². The summed E-state index contributed by atoms with van der Waals surface area (Å²) in [5.74, 6) is 0. The van der Waals surface area contributed by atoms with Crippen LogP contribution in [0.15, 0.2) is 0 Å². The average Bonchev–Trinajstić information content (AvgIpc) is 2.39. The molecule has 0 saturated carbocycles. The molecule has 0 aliphatic rings. The molecular formula is C10H19N3. The van der Waals surface area contributed by atoms with Gasteiger partial charge >= 0.3 is 0 Å². The highest BCUT2D eigenvalue weighted by Crippen LogP contribution is 2.12. The summed E-state index contributed by atoms with van der Waals surface area (Å²) in [7, 11) is 0. The predicted octanol–water partition coefficient (Wildman–Crippen LogP) is 1.63. The van der Waals surface area contributed by atoms with Crippen LogP contribution in [0, 0.1) is 13.8 Å². The average molecular weight is 181 g/mol. The Morgan fingerprint density at radius 2 is 2.00 bits per heavy atom. The van der Waals surface area contributed by atoms with Crippen LogP contribution in [0.25, 0.3) is 0 Å². The molecule has 1 N–H and O–H groups in total. The lowest BCUT2D eigenvalue weighted by molar-refractivity contribution is 0.631. The molecule has 0 radical (unpaired) electrons. The first-order chi connectivity index (χ1) is 6.20. The summed E-state index contributed by atoms with van der Waals surface area (Å²) < 4.78 is 2.06. The quantitative estimate of drug-likeness (QED) is 0.765. The number of hydrogen-bond acceptors (Lipinski definition) is 2. The van der Waals surface area contributed by atoms with E-state index in [0.29, 0.717) is 0 Å². The van der Waals surface area contributed by atoms with Gasteiger partial charge in [-0.15, -0.1) is 0 Å². The van der Waals surface area contributed by atoms with Crippen LogP contribution in [-0.4, -0.2) is 16.3 Å². The Kier molecular flexibility index (Phi) is 3.48. The minimum absolute atomic E-state index is 0.939. The Morgan fingerprint density at radius 3 is 2.46 bits per heavy atom. The molecule has 3 nitrogen and oxygen atoms in total. The Balaban J connectivity index is 2.85. The third-order valence-electron chi connectivity index (χ3n) is 2.38. The molecule has 1 aromatic heterocycles. The highest BCUT2D eigenvalue weighted by atomic mass is 15.3. The number of aryl methyl sites for hydroxylation is 2. The van der Waals surface area contributed by atoms with Crippen molar-refractivity contribution in [2.75, 3.05) is 6.54 Å². The van der Waals surface area contributed by atoms with E-state index in [1.165, 1.54) is 11.3 Å². The van der Waals surface area contributed by atoms with Crippen LogP contribution in [0.5, 0.6) is 0 Å². The van der Waals surface area contributed by atoms with E-state index in [1.807, 2.05) is 0 Å². The number of nitrogens with zero attached hydrogens (tertiary/aromatic N) is 2. The zero-order valence-corrected chi connectivity index (χ0v) is 9.02. The molecule has 1 aromatic rings. The number of hydrogen-bond donors (Lipinski definition) is 1. The fourth-order valence-corrected chi connectivity index (χ4v) is 1.55. The molecule has 0 spiro atoms. The number of aromatic nitrogens is 2. The second kappa shape index (κ2) is 4.42. The maximum absolute atomic E-state index is 4.46. The van der Waals surface area contributed by atoms with Crippen molar-refractivity contribution in [2.24, 2.45) is 0 Å². The molecule has 0 atom stereocenters. The maximum atomic E-state index is 4.46. The van der Waals surface area contributed by atoms with E-state index in [9.17, 15) is 0 Å². The summed E-state index contributed by atoms with van der Waals surface area (Å²) in [6.45, 7) is 11.4. The second-order valence-corrected chi connectivity index (χ2v) is 3.25. The predicted molar refractivity (Wildman–Crippen MR) is 54.8 cm³/mol. The van der Waals surface area contributed by atoms with Crippen LogP contribution in [0.4, 0.5) is 0 Å². The van der Waals surface area contributed by atoms with Gasteiger partial charge in [-0.1, -0.05) is 6.92 Å². The van der Waals surface area contributed by atoms with Gasteiger partial charge < -0.3 is 5.32 Å². The molecular weight excluding hydrogens is 162 g/mol. The molecule has 1 rings (SSSR count). The van der Waals surface area contributed by atoms with Crippen molar-refractivity contribution >= 4 is 0 Å². The topological polar surface area (TPSA) is 29.9 Å². The van der Waals surface area contributed by atoms with Crippen molar-refractivity contribution in [3.63, 3.8) is 0 Å². The van der Waals surface area contributed by atoms with E-state index in [1.54, 1.807) is 0 Å². The van der Waals surface area contributed by atoms with Crippen molar-refractivity contribution in [1.29, 1.82) is 0 Å². The zero-order chi connectivity index (χ0) is 9.84. The molecule has 13 heavy (non-hydrogen) atoms. The monoisotopic (exact) mass is 181 g/mol. The summed E-state index contributed by atoms with van der Waals surface area (Å²) in [5, 5.41) is 7.79. The molecule has 0 fully saturated rings. The minimum Gasteiger partial charge on any atom is -0.313 e. The van der Waals surface area contributed by atoms with E-state index < -0.39 is 0 Å². The van der Waals surface area contributed by atoms with Crippen LogP contribution in [0.2, 0.25) is 0 Å². The van der Waals surface area contributed by atoms with Gasteiger partial charge in [0.25, 0.3) is 0 Å². The Labute approximate surface area is 80.1 Å². The smallest absolute Gasteiger partial charge is 0.0641 e. The normalized spacial score (nSPS) is 10.8. The lowest BCUT2D eigenvalue weighted by Crippen LogP contribution is -2.13. The highest BCUT2D eigenvalue weighted by molar-refractivity contribution is 5.24. The molecule has 0 aromatic carbocycles. The van der Waals surface area contributed by atoms with E-state index >= 15 is 0 Å². The van der Waals surface area contributed by atoms with Gasteiger partial charge in [-0.25, -0.2) is 0 Å². The molecule has 1 heterocycles. The van der Waals surface area contributed by atoms with Crippen LogP contribution in [0.1, 0.15) is 30.8 Å². The van der Waals surface area contributed by atoms with Gasteiger partial charge in [-0.05, 0) is 27.3 Å². The lowest BCUT2D eigenvalue weighted by Gasteiger charge is -2.02. The third kappa shape index (κ3) is 2.10. The molecule has 74 valence electrons. The van der Waals surface area contributed by atoms with Crippen molar-refractivity contribution in [2.45, 2.75) is 40.8 Å². The fraction of sp³-hybridized carbons (Fsp3) is 0.700. The fourth-order valence-electron chi connectivity index (χ4n) is 1.55. The summed E-state index contributed by atoms with van der Waals surface area (Å²) in [5.41, 5.74) is 3.80. The van der Waals surface area contributed by atoms with E-state index in [0.717, 1.165) is 25.3 Å². The minimum atomic E-state index is 0.939. The SMILES string of the molecule is CCNCc1c(C)nn(CC)c1C. The van der Waals surface area contributed by atoms with Crippen LogP contribution < -0.4 is 5.32 Å². The van der Waals surface area contributed by atoms with E-state index in [2.05, 4.69) is 42.8 Å². The first-order valence-corrected chi connectivity index (χ1v) is 4.94. The van der Waals surface area contributed by atoms with Crippen molar-refractivity contribution in [3.05, 3.63) is 17.0 Å². The van der Waals surface area contributed by atoms with E-state index in [4.69, 9.17) is 0 Å². The second-order valence-electron chi connectivity index (χ2n) is 3.25. The maximum Gasteiger partial charge on any atom is 0.0641 e. The van der Waals surface area contributed by atoms with Gasteiger partial charge in [0, 0.05) is 24.3 Å². The number of rotatable bonds is 4. The first-order valence-electron chi connectivity index (χ1n) is 4.94. The Bertz CT molecular complexity index is 276. The lowest BCUT2D eigenvalue weighted by atomic mass is 10.2. The zero-order valence-electron chi connectivity index (χ0n) is 9.02. The van der Waals surface area contributed by atoms with Crippen molar-refractivity contribution < 1.29 is 0 Å². The van der Waals surface area contributed by atoms with Gasteiger partial charge in [0.2, 0.25) is 0 Å². The van der Waals surface area contributed by atoms with Crippen LogP contribution in [0.3, 0.4) is 0 Å². The highest BCUT2D eigenvalue weighted by Gasteiger charge is 2.08. The van der Waals surface area contributed by atoms with E-state index in [-0.39, 0.29) is 0 Å².